The molecule has 0 fully saturated rings. The maximum Gasteiger partial charge on any atom is 0.316 e. The molecule has 0 radical (unpaired) electrons. The maximum absolute atomic E-state index is 10.6. The minimum absolute atomic E-state index is 0.0627. The highest BCUT2D eigenvalue weighted by atomic mass is 32.2. The Morgan fingerprint density at radius 1 is 1.62 bits per heavy atom. The molecule has 0 bridgehead atoms. The fourth-order valence-corrected chi connectivity index (χ4v) is 1.82. The topological polar surface area (TPSA) is 93.3 Å². The van der Waals surface area contributed by atoms with E-state index in [2.05, 4.69) is 4.98 Å². The first-order chi connectivity index (χ1) is 7.41. The predicted octanol–water partition coefficient (Wildman–Crippen LogP) is 1.86. The van der Waals surface area contributed by atoms with Gasteiger partial charge in [0.1, 0.15) is 10.9 Å². The van der Waals surface area contributed by atoms with Gasteiger partial charge in [0.25, 0.3) is 5.69 Å². The summed E-state index contributed by atoms with van der Waals surface area (Å²) >= 11 is 1.05. The number of carboxylic acids is 1. The largest absolute Gasteiger partial charge is 0.480 e. The van der Waals surface area contributed by atoms with Gasteiger partial charge in [-0.2, -0.15) is 0 Å². The van der Waals surface area contributed by atoms with Crippen LogP contribution in [0.25, 0.3) is 0 Å². The number of aryl methyl sites for hydroxylation is 1. The van der Waals surface area contributed by atoms with Crippen molar-refractivity contribution in [2.75, 3.05) is 0 Å². The van der Waals surface area contributed by atoms with E-state index in [0.717, 1.165) is 11.8 Å². The molecule has 0 amide bonds. The van der Waals surface area contributed by atoms with E-state index < -0.39 is 16.1 Å². The Kier molecular flexibility index (Phi) is 3.83. The minimum Gasteiger partial charge on any atom is -0.480 e. The summed E-state index contributed by atoms with van der Waals surface area (Å²) in [6.45, 7) is 3.05. The number of aromatic nitrogens is 1. The Morgan fingerprint density at radius 3 is 2.69 bits per heavy atom. The first kappa shape index (κ1) is 12.4. The van der Waals surface area contributed by atoms with E-state index >= 15 is 0 Å². The van der Waals surface area contributed by atoms with Crippen LogP contribution in [0.1, 0.15) is 12.6 Å². The lowest BCUT2D eigenvalue weighted by atomic mass is 10.3. The van der Waals surface area contributed by atoms with Gasteiger partial charge in [-0.3, -0.25) is 14.9 Å². The van der Waals surface area contributed by atoms with Crippen LogP contribution in [0.3, 0.4) is 0 Å². The SMILES string of the molecule is Cc1nc(SC(C)C(=O)O)ccc1[N+](=O)[O-]. The van der Waals surface area contributed by atoms with E-state index in [4.69, 9.17) is 5.11 Å². The normalized spacial score (nSPS) is 12.1. The van der Waals surface area contributed by atoms with Gasteiger partial charge < -0.3 is 5.11 Å². The number of hydrogen-bond acceptors (Lipinski definition) is 5. The summed E-state index contributed by atoms with van der Waals surface area (Å²) in [4.78, 5) is 24.6. The van der Waals surface area contributed by atoms with E-state index in [1.54, 1.807) is 0 Å². The molecule has 0 spiro atoms. The van der Waals surface area contributed by atoms with Gasteiger partial charge in [0, 0.05) is 6.07 Å². The van der Waals surface area contributed by atoms with Crippen LogP contribution in [0, 0.1) is 17.0 Å². The van der Waals surface area contributed by atoms with E-state index in [0.29, 0.717) is 5.03 Å². The molecule has 1 heterocycles. The van der Waals surface area contributed by atoms with Crippen molar-refractivity contribution in [2.24, 2.45) is 0 Å². The van der Waals surface area contributed by atoms with Crippen molar-refractivity contribution in [3.8, 4) is 0 Å². The summed E-state index contributed by atoms with van der Waals surface area (Å²) in [5.74, 6) is -0.942. The van der Waals surface area contributed by atoms with E-state index in [1.165, 1.54) is 26.0 Å². The highest BCUT2D eigenvalue weighted by Crippen LogP contribution is 2.25. The lowest BCUT2D eigenvalue weighted by molar-refractivity contribution is -0.385. The number of hydrogen-bond donors (Lipinski definition) is 1. The summed E-state index contributed by atoms with van der Waals surface area (Å²) < 4.78 is 0. The molecule has 86 valence electrons. The fraction of sp³-hybridized carbons (Fsp3) is 0.333. The van der Waals surface area contributed by atoms with Crippen molar-refractivity contribution in [2.45, 2.75) is 24.1 Å². The smallest absolute Gasteiger partial charge is 0.316 e. The van der Waals surface area contributed by atoms with Crippen LogP contribution < -0.4 is 0 Å². The van der Waals surface area contributed by atoms with Crippen LogP contribution in [0.5, 0.6) is 0 Å². The molecule has 1 atom stereocenters. The number of rotatable bonds is 4. The average Bonchev–Trinajstić information content (AvgIpc) is 2.16. The highest BCUT2D eigenvalue weighted by Gasteiger charge is 2.16. The van der Waals surface area contributed by atoms with Crippen molar-refractivity contribution in [3.63, 3.8) is 0 Å². The second kappa shape index (κ2) is 4.93. The Bertz CT molecular complexity index is 436. The Labute approximate surface area is 95.8 Å². The summed E-state index contributed by atoms with van der Waals surface area (Å²) in [6, 6.07) is 2.79. The zero-order valence-corrected chi connectivity index (χ0v) is 9.52. The van der Waals surface area contributed by atoms with Crippen molar-refractivity contribution in [3.05, 3.63) is 27.9 Å². The summed E-state index contributed by atoms with van der Waals surface area (Å²) in [5.41, 5.74) is 0.222. The predicted molar refractivity (Wildman–Crippen MR) is 58.6 cm³/mol. The van der Waals surface area contributed by atoms with Gasteiger partial charge in [-0.1, -0.05) is 11.8 Å². The van der Waals surface area contributed by atoms with E-state index in [1.807, 2.05) is 0 Å². The number of thioether (sulfide) groups is 1. The summed E-state index contributed by atoms with van der Waals surface area (Å²) in [7, 11) is 0. The highest BCUT2D eigenvalue weighted by molar-refractivity contribution is 8.00. The zero-order chi connectivity index (χ0) is 12.3. The van der Waals surface area contributed by atoms with E-state index in [-0.39, 0.29) is 11.4 Å². The van der Waals surface area contributed by atoms with Crippen LogP contribution in [0.4, 0.5) is 5.69 Å². The van der Waals surface area contributed by atoms with Gasteiger partial charge in [-0.05, 0) is 19.9 Å². The molecule has 0 aliphatic carbocycles. The molecule has 1 aromatic heterocycles. The standard InChI is InChI=1S/C9H10N2O4S/c1-5-7(11(14)15)3-4-8(10-5)16-6(2)9(12)13/h3-4,6H,1-2H3,(H,12,13). The number of nitro groups is 1. The Hall–Kier alpha value is -1.63. The molecule has 0 aliphatic rings. The molecule has 0 saturated heterocycles. The van der Waals surface area contributed by atoms with Crippen molar-refractivity contribution >= 4 is 23.4 Å². The quantitative estimate of drug-likeness (QED) is 0.492. The van der Waals surface area contributed by atoms with Gasteiger partial charge in [0.15, 0.2) is 0 Å². The molecule has 1 unspecified atom stereocenters. The summed E-state index contributed by atoms with van der Waals surface area (Å²) in [5, 5.41) is 19.1. The monoisotopic (exact) mass is 242 g/mol. The van der Waals surface area contributed by atoms with Crippen LogP contribution in [-0.4, -0.2) is 26.2 Å². The van der Waals surface area contributed by atoms with Crippen molar-refractivity contribution in [1.82, 2.24) is 4.98 Å². The van der Waals surface area contributed by atoms with Gasteiger partial charge in [-0.15, -0.1) is 0 Å². The molecule has 1 aromatic rings. The molecular formula is C9H10N2O4S. The zero-order valence-electron chi connectivity index (χ0n) is 8.71. The Morgan fingerprint density at radius 2 is 2.25 bits per heavy atom. The molecule has 16 heavy (non-hydrogen) atoms. The molecule has 1 rings (SSSR count). The number of aliphatic carboxylic acids is 1. The van der Waals surface area contributed by atoms with Crippen molar-refractivity contribution < 1.29 is 14.8 Å². The van der Waals surface area contributed by atoms with Gasteiger partial charge >= 0.3 is 5.97 Å². The molecular weight excluding hydrogens is 232 g/mol. The molecule has 0 saturated carbocycles. The molecule has 7 heteroatoms. The van der Waals surface area contributed by atoms with Crippen LogP contribution >= 0.6 is 11.8 Å². The number of nitrogens with zero attached hydrogens (tertiary/aromatic N) is 2. The van der Waals surface area contributed by atoms with Crippen LogP contribution in [0.15, 0.2) is 17.2 Å². The number of carbonyl (C=O) groups is 1. The second-order valence-electron chi connectivity index (χ2n) is 3.11. The number of pyridine rings is 1. The molecule has 6 nitrogen and oxygen atoms in total. The fourth-order valence-electron chi connectivity index (χ4n) is 1.02. The lowest BCUT2D eigenvalue weighted by Crippen LogP contribution is -2.11. The third-order valence-electron chi connectivity index (χ3n) is 1.87. The first-order valence-corrected chi connectivity index (χ1v) is 5.31. The Balaban J connectivity index is 2.89. The third-order valence-corrected chi connectivity index (χ3v) is 2.90. The molecule has 1 N–H and O–H groups in total. The van der Waals surface area contributed by atoms with Gasteiger partial charge in [-0.25, -0.2) is 4.98 Å². The average molecular weight is 242 g/mol. The molecule has 0 aliphatic heterocycles. The van der Waals surface area contributed by atoms with Gasteiger partial charge in [0.05, 0.1) is 9.95 Å². The summed E-state index contributed by atoms with van der Waals surface area (Å²) in [6.07, 6.45) is 0. The van der Waals surface area contributed by atoms with Gasteiger partial charge in [0.2, 0.25) is 0 Å². The number of carboxylic acid groups (broad SMARTS) is 1. The lowest BCUT2D eigenvalue weighted by Gasteiger charge is -2.05. The first-order valence-electron chi connectivity index (χ1n) is 4.43. The van der Waals surface area contributed by atoms with E-state index in [9.17, 15) is 14.9 Å². The maximum atomic E-state index is 10.6. The minimum atomic E-state index is -0.942. The third kappa shape index (κ3) is 2.93. The second-order valence-corrected chi connectivity index (χ2v) is 4.47. The van der Waals surface area contributed by atoms with Crippen molar-refractivity contribution in [1.29, 1.82) is 0 Å². The van der Waals surface area contributed by atoms with Crippen LogP contribution in [-0.2, 0) is 4.79 Å². The van der Waals surface area contributed by atoms with Crippen LogP contribution in [0.2, 0.25) is 0 Å². The molecule has 0 aromatic carbocycles.